The van der Waals surface area contributed by atoms with Crippen molar-refractivity contribution >= 4 is 37.9 Å². The molecule has 18 nitrogen and oxygen atoms in total. The van der Waals surface area contributed by atoms with E-state index in [9.17, 15) is 24.3 Å². The van der Waals surface area contributed by atoms with E-state index in [1.54, 1.807) is 97.4 Å². The highest BCUT2D eigenvalue weighted by atomic mass is 31.2. The third-order valence-electron chi connectivity index (χ3n) is 14.0. The SMILES string of the molecule is COC(=O)N[C@H](C(=O)N[C@H](Cc1ccc(-c2ccccn2)cc1)CC([C@@H](OC(=O)O)OP(=O)(OCc1ccccc1)OCc1ccccc1)[C@H](Cc1ccccc1)NC(=O)[C@@H](N1CCN(Cc2ccccc2)C1=O)C(C)(C)C)C(C)(C)C. The zero-order chi connectivity index (χ0) is 58.9. The molecule has 1 aromatic heterocycles. The summed E-state index contributed by atoms with van der Waals surface area (Å²) in [6, 6.07) is 44.7. The monoisotopic (exact) mass is 1140 g/mol. The van der Waals surface area contributed by atoms with Crippen LogP contribution in [0, 0.1) is 16.7 Å². The third kappa shape index (κ3) is 18.1. The number of methoxy groups -OCH3 is 1. The number of alkyl carbamates (subject to hydrolysis) is 1. The number of aromatic nitrogens is 1. The number of amides is 5. The van der Waals surface area contributed by atoms with Gasteiger partial charge in [-0.1, -0.05) is 193 Å². The minimum absolute atomic E-state index is 0.000967. The number of pyridine rings is 1. The lowest BCUT2D eigenvalue weighted by molar-refractivity contribution is -0.136. The maximum Gasteiger partial charge on any atom is 0.508 e. The fourth-order valence-electron chi connectivity index (χ4n) is 9.95. The molecule has 6 atom stereocenters. The van der Waals surface area contributed by atoms with Gasteiger partial charge in [-0.2, -0.15) is 0 Å². The number of rotatable bonds is 26. The van der Waals surface area contributed by atoms with E-state index >= 15 is 9.36 Å². The summed E-state index contributed by atoms with van der Waals surface area (Å²) in [5.41, 5.74) is 3.32. The Bertz CT molecular complexity index is 3010. The van der Waals surface area contributed by atoms with Gasteiger partial charge in [0.25, 0.3) is 0 Å². The van der Waals surface area contributed by atoms with Crippen LogP contribution in [0.2, 0.25) is 0 Å². The number of benzene rings is 5. The van der Waals surface area contributed by atoms with E-state index in [0.717, 1.165) is 22.4 Å². The molecule has 0 aliphatic carbocycles. The number of carboxylic acid groups (broad SMARTS) is 1. The molecule has 2 heterocycles. The predicted octanol–water partition coefficient (Wildman–Crippen LogP) is 11.2. The second kappa shape index (κ2) is 28.7. The van der Waals surface area contributed by atoms with Crippen molar-refractivity contribution in [2.24, 2.45) is 16.7 Å². The molecule has 1 aliphatic heterocycles. The molecule has 82 heavy (non-hydrogen) atoms. The summed E-state index contributed by atoms with van der Waals surface area (Å²) < 4.78 is 44.9. The molecule has 19 heteroatoms. The van der Waals surface area contributed by atoms with Crippen molar-refractivity contribution in [1.82, 2.24) is 30.7 Å². The highest BCUT2D eigenvalue weighted by Crippen LogP contribution is 2.53. The first-order chi connectivity index (χ1) is 39.2. The van der Waals surface area contributed by atoms with Gasteiger partial charge in [0.15, 0.2) is 0 Å². The Morgan fingerprint density at radius 1 is 0.634 bits per heavy atom. The van der Waals surface area contributed by atoms with Gasteiger partial charge >= 0.3 is 26.1 Å². The lowest BCUT2D eigenvalue weighted by Crippen LogP contribution is -2.59. The summed E-state index contributed by atoms with van der Waals surface area (Å²) >= 11 is 0. The molecular formula is C63H75N6O12P. The molecule has 5 aromatic carbocycles. The number of phosphoric acid groups is 1. The van der Waals surface area contributed by atoms with Gasteiger partial charge in [0.05, 0.1) is 26.0 Å². The van der Waals surface area contributed by atoms with Crippen LogP contribution >= 0.6 is 7.82 Å². The molecule has 7 rings (SSSR count). The lowest BCUT2D eigenvalue weighted by Gasteiger charge is -2.40. The second-order valence-corrected chi connectivity index (χ2v) is 24.1. The van der Waals surface area contributed by atoms with Gasteiger partial charge in [-0.25, -0.2) is 23.5 Å². The van der Waals surface area contributed by atoms with E-state index in [2.05, 4.69) is 20.9 Å². The van der Waals surface area contributed by atoms with Crippen molar-refractivity contribution in [3.8, 4) is 11.3 Å². The maximum atomic E-state index is 15.6. The zero-order valence-electron chi connectivity index (χ0n) is 47.5. The summed E-state index contributed by atoms with van der Waals surface area (Å²) in [6.45, 7) is 11.2. The van der Waals surface area contributed by atoms with E-state index in [1.807, 2.05) is 124 Å². The Morgan fingerprint density at radius 2 is 1.17 bits per heavy atom. The summed E-state index contributed by atoms with van der Waals surface area (Å²) in [4.78, 5) is 78.9. The highest BCUT2D eigenvalue weighted by molar-refractivity contribution is 7.48. The fraction of sp³-hybridized carbons (Fsp3) is 0.365. The van der Waals surface area contributed by atoms with Crippen LogP contribution in [0.3, 0.4) is 0 Å². The van der Waals surface area contributed by atoms with E-state index in [4.69, 9.17) is 23.0 Å². The number of carbonyl (C=O) groups excluding carboxylic acids is 4. The molecule has 434 valence electrons. The molecular weight excluding hydrogens is 1060 g/mol. The molecule has 1 unspecified atom stereocenters. The Labute approximate surface area is 480 Å². The fourth-order valence-corrected chi connectivity index (χ4v) is 11.2. The average molecular weight is 1140 g/mol. The van der Waals surface area contributed by atoms with Crippen LogP contribution in [0.15, 0.2) is 170 Å². The van der Waals surface area contributed by atoms with Gasteiger partial charge < -0.3 is 40.3 Å². The van der Waals surface area contributed by atoms with Crippen molar-refractivity contribution < 1.29 is 56.7 Å². The van der Waals surface area contributed by atoms with Gasteiger partial charge in [-0.3, -0.25) is 23.6 Å². The Hall–Kier alpha value is -7.89. The van der Waals surface area contributed by atoms with Gasteiger partial charge in [-0.15, -0.1) is 0 Å². The van der Waals surface area contributed by atoms with E-state index in [-0.39, 0.29) is 45.1 Å². The number of ether oxygens (including phenoxy) is 2. The molecule has 1 fully saturated rings. The minimum Gasteiger partial charge on any atom is -0.453 e. The average Bonchev–Trinajstić information content (AvgIpc) is 4.02. The van der Waals surface area contributed by atoms with Gasteiger partial charge in [-0.05, 0) is 70.0 Å². The summed E-state index contributed by atoms with van der Waals surface area (Å²) in [7, 11) is -3.73. The molecule has 0 saturated carbocycles. The van der Waals surface area contributed by atoms with Crippen molar-refractivity contribution in [2.45, 2.75) is 111 Å². The quantitative estimate of drug-likeness (QED) is 0.0226. The van der Waals surface area contributed by atoms with Crippen LogP contribution in [0.25, 0.3) is 11.3 Å². The van der Waals surface area contributed by atoms with E-state index in [0.29, 0.717) is 29.8 Å². The summed E-state index contributed by atoms with van der Waals surface area (Å²) in [6.07, 6.45) is -3.21. The topological polar surface area (TPSA) is 224 Å². The number of nitrogens with one attached hydrogen (secondary N) is 3. The smallest absolute Gasteiger partial charge is 0.453 e. The van der Waals surface area contributed by atoms with Gasteiger partial charge in [0.2, 0.25) is 18.1 Å². The minimum atomic E-state index is -4.92. The third-order valence-corrected chi connectivity index (χ3v) is 15.4. The maximum absolute atomic E-state index is 15.6. The molecule has 0 spiro atoms. The second-order valence-electron chi connectivity index (χ2n) is 22.4. The van der Waals surface area contributed by atoms with Crippen LogP contribution < -0.4 is 16.0 Å². The first-order valence-corrected chi connectivity index (χ1v) is 28.8. The van der Waals surface area contributed by atoms with E-state index in [1.165, 1.54) is 7.11 Å². The molecule has 0 radical (unpaired) electrons. The Morgan fingerprint density at radius 3 is 1.68 bits per heavy atom. The number of phosphoric ester groups is 1. The molecule has 1 saturated heterocycles. The standard InChI is InChI=1S/C63H75N6O12P/c1-62(2,3)54(67-59(72)77-7)56(70)65-50(38-45-31-33-49(34-32-45)52-30-20-21-35-64-52)40-51(58(80-61(74)75)81-82(76,78-42-47-26-16-10-17-27-47)79-43-48-28-18-11-19-29-48)53(39-44-22-12-8-13-23-44)66-57(71)55(63(4,5)6)69-37-36-68(60(69)73)41-46-24-14-9-15-25-46/h8-35,50-51,53-55,58H,36-43H2,1-7H3,(H,65,70)(H,66,71)(H,67,72)(H,74,75)/t50-,51?,53+,54-,55-,58+/m1/s1. The molecule has 1 aliphatic rings. The number of hydrogen-bond donors (Lipinski definition) is 4. The number of nitrogens with zero attached hydrogens (tertiary/aromatic N) is 3. The zero-order valence-corrected chi connectivity index (χ0v) is 48.4. The molecule has 4 N–H and O–H groups in total. The Balaban J connectivity index is 1.37. The van der Waals surface area contributed by atoms with Crippen LogP contribution in [-0.2, 0) is 69.8 Å². The van der Waals surface area contributed by atoms with E-state index < -0.39 is 79.1 Å². The van der Waals surface area contributed by atoms with Crippen LogP contribution in [-0.4, -0.2) is 101 Å². The number of hydrogen-bond acceptors (Lipinski definition) is 12. The molecule has 5 amide bonds. The van der Waals surface area contributed by atoms with Gasteiger partial charge in [0, 0.05) is 49.4 Å². The first-order valence-electron chi connectivity index (χ1n) is 27.3. The molecule has 6 aromatic rings. The number of urea groups is 1. The summed E-state index contributed by atoms with van der Waals surface area (Å²) in [5, 5.41) is 19.8. The largest absolute Gasteiger partial charge is 0.508 e. The van der Waals surface area contributed by atoms with Crippen LogP contribution in [0.1, 0.15) is 75.8 Å². The molecule has 0 bridgehead atoms. The predicted molar refractivity (Wildman–Crippen MR) is 311 cm³/mol. The van der Waals surface area contributed by atoms with Crippen molar-refractivity contribution in [3.05, 3.63) is 198 Å². The van der Waals surface area contributed by atoms with Gasteiger partial charge in [0.1, 0.15) is 12.1 Å². The van der Waals surface area contributed by atoms with Crippen molar-refractivity contribution in [1.29, 1.82) is 0 Å². The summed E-state index contributed by atoms with van der Waals surface area (Å²) in [5.74, 6) is -2.55. The van der Waals surface area contributed by atoms with Crippen molar-refractivity contribution in [3.63, 3.8) is 0 Å². The van der Waals surface area contributed by atoms with Crippen molar-refractivity contribution in [2.75, 3.05) is 20.2 Å². The first kappa shape index (κ1) is 61.7. The van der Waals surface area contributed by atoms with Crippen LogP contribution in [0.5, 0.6) is 0 Å². The Kier molecular flexibility index (Phi) is 21.6. The van der Waals surface area contributed by atoms with Crippen LogP contribution in [0.4, 0.5) is 14.4 Å². The number of carbonyl (C=O) groups is 5. The normalized spacial score (nSPS) is 15.1. The lowest BCUT2D eigenvalue weighted by atomic mass is 9.82. The highest BCUT2D eigenvalue weighted by Gasteiger charge is 2.47.